The van der Waals surface area contributed by atoms with Crippen LogP contribution >= 0.6 is 23.2 Å². The molecule has 0 spiro atoms. The maximum atomic E-state index is 12.7. The van der Waals surface area contributed by atoms with Gasteiger partial charge in [0.15, 0.2) is 0 Å². The van der Waals surface area contributed by atoms with Crippen LogP contribution in [0, 0.1) is 6.07 Å². The lowest BCUT2D eigenvalue weighted by atomic mass is 10.1. The standard InChI is InChI=1S/C19H17Cl2N2O3/c20-13-6-7-16(17(21)10-13)18(25)22-14-4-1-3-12(9-14)19(26)23-8-2-5-15(23)11-24/h3-4,6-7,9-10,15,24H,2,5,8,11H2,(H,22,25). The minimum Gasteiger partial charge on any atom is -0.394 e. The fraction of sp³-hybridized carbons (Fsp3) is 0.263. The van der Waals surface area contributed by atoms with Crippen molar-refractivity contribution in [1.29, 1.82) is 0 Å². The first-order chi connectivity index (χ1) is 12.5. The summed E-state index contributed by atoms with van der Waals surface area (Å²) in [5.41, 5.74) is 1.13. The third kappa shape index (κ3) is 4.01. The SMILES string of the molecule is O=C(Nc1c[c]cc(C(=O)N2CCCC2CO)c1)c1ccc(Cl)cc1Cl. The fourth-order valence-corrected chi connectivity index (χ4v) is 3.49. The van der Waals surface area contributed by atoms with Crippen LogP contribution in [0.15, 0.2) is 36.4 Å². The number of nitrogens with zero attached hydrogens (tertiary/aromatic N) is 1. The summed E-state index contributed by atoms with van der Waals surface area (Å²) < 4.78 is 0. The van der Waals surface area contributed by atoms with Crippen molar-refractivity contribution in [1.82, 2.24) is 4.90 Å². The summed E-state index contributed by atoms with van der Waals surface area (Å²) in [5.74, 6) is -0.586. The highest BCUT2D eigenvalue weighted by molar-refractivity contribution is 6.37. The van der Waals surface area contributed by atoms with Crippen molar-refractivity contribution < 1.29 is 14.7 Å². The minimum absolute atomic E-state index is 0.0546. The minimum atomic E-state index is -0.404. The number of carbonyl (C=O) groups is 2. The number of nitrogens with one attached hydrogen (secondary N) is 1. The third-order valence-electron chi connectivity index (χ3n) is 4.32. The number of amides is 2. The number of anilines is 1. The zero-order valence-corrected chi connectivity index (χ0v) is 15.3. The van der Waals surface area contributed by atoms with Gasteiger partial charge in [0.2, 0.25) is 0 Å². The van der Waals surface area contributed by atoms with Crippen molar-refractivity contribution in [2.75, 3.05) is 18.5 Å². The van der Waals surface area contributed by atoms with Gasteiger partial charge in [-0.2, -0.15) is 0 Å². The molecule has 1 heterocycles. The van der Waals surface area contributed by atoms with Gasteiger partial charge in [-0.25, -0.2) is 0 Å². The maximum absolute atomic E-state index is 12.7. The zero-order valence-electron chi connectivity index (χ0n) is 13.8. The van der Waals surface area contributed by atoms with Crippen LogP contribution in [0.1, 0.15) is 33.6 Å². The van der Waals surface area contributed by atoms with E-state index in [9.17, 15) is 14.7 Å². The van der Waals surface area contributed by atoms with E-state index in [0.717, 1.165) is 12.8 Å². The van der Waals surface area contributed by atoms with Gasteiger partial charge in [0, 0.05) is 22.8 Å². The van der Waals surface area contributed by atoms with E-state index in [1.807, 2.05) is 0 Å². The Labute approximate surface area is 161 Å². The Morgan fingerprint density at radius 1 is 1.27 bits per heavy atom. The Bertz CT molecular complexity index is 841. The Balaban J connectivity index is 1.77. The summed E-state index contributed by atoms with van der Waals surface area (Å²) in [6.45, 7) is 0.558. The molecule has 1 fully saturated rings. The second-order valence-corrected chi connectivity index (χ2v) is 6.91. The number of aliphatic hydroxyl groups excluding tert-OH is 1. The van der Waals surface area contributed by atoms with Gasteiger partial charge in [0.1, 0.15) is 0 Å². The smallest absolute Gasteiger partial charge is 0.257 e. The molecule has 135 valence electrons. The molecule has 1 unspecified atom stereocenters. The molecular formula is C19H17Cl2N2O3. The molecule has 26 heavy (non-hydrogen) atoms. The highest BCUT2D eigenvalue weighted by Gasteiger charge is 2.28. The molecule has 0 aromatic heterocycles. The Morgan fingerprint density at radius 3 is 2.81 bits per heavy atom. The number of hydrogen-bond donors (Lipinski definition) is 2. The van der Waals surface area contributed by atoms with Crippen molar-refractivity contribution in [3.63, 3.8) is 0 Å². The van der Waals surface area contributed by atoms with Crippen molar-refractivity contribution in [2.24, 2.45) is 0 Å². The Morgan fingerprint density at radius 2 is 2.08 bits per heavy atom. The van der Waals surface area contributed by atoms with E-state index in [0.29, 0.717) is 22.8 Å². The Kier molecular flexibility index (Phi) is 5.81. The van der Waals surface area contributed by atoms with E-state index in [-0.39, 0.29) is 29.1 Å². The molecule has 3 rings (SSSR count). The largest absolute Gasteiger partial charge is 0.394 e. The van der Waals surface area contributed by atoms with Gasteiger partial charge in [0.05, 0.1) is 23.2 Å². The van der Waals surface area contributed by atoms with Crippen LogP contribution in [0.5, 0.6) is 0 Å². The predicted molar refractivity (Wildman–Crippen MR) is 101 cm³/mol. The van der Waals surface area contributed by atoms with Gasteiger partial charge in [-0.15, -0.1) is 0 Å². The lowest BCUT2D eigenvalue weighted by Gasteiger charge is -2.23. The van der Waals surface area contributed by atoms with E-state index in [1.54, 1.807) is 29.2 Å². The summed E-state index contributed by atoms with van der Waals surface area (Å²) in [7, 11) is 0. The van der Waals surface area contributed by atoms with Crippen LogP contribution in [0.4, 0.5) is 5.69 Å². The van der Waals surface area contributed by atoms with Gasteiger partial charge in [0.25, 0.3) is 11.8 Å². The average Bonchev–Trinajstić information content (AvgIpc) is 3.09. The molecule has 1 radical (unpaired) electrons. The first kappa shape index (κ1) is 18.7. The summed E-state index contributed by atoms with van der Waals surface area (Å²) >= 11 is 11.9. The van der Waals surface area contributed by atoms with Gasteiger partial charge in [-0.05, 0) is 55.3 Å². The molecule has 1 saturated heterocycles. The summed E-state index contributed by atoms with van der Waals surface area (Å²) in [4.78, 5) is 26.7. The number of benzene rings is 2. The predicted octanol–water partition coefficient (Wildman–Crippen LogP) is 3.64. The number of halogens is 2. The van der Waals surface area contributed by atoms with E-state index >= 15 is 0 Å². The van der Waals surface area contributed by atoms with E-state index in [4.69, 9.17) is 23.2 Å². The monoisotopic (exact) mass is 391 g/mol. The first-order valence-electron chi connectivity index (χ1n) is 8.19. The van der Waals surface area contributed by atoms with Crippen LogP contribution in [0.3, 0.4) is 0 Å². The second kappa shape index (κ2) is 8.08. The number of likely N-dealkylation sites (tertiary alicyclic amines) is 1. The molecule has 5 nitrogen and oxygen atoms in total. The fourth-order valence-electron chi connectivity index (χ4n) is 3.00. The van der Waals surface area contributed by atoms with Crippen LogP contribution in [-0.4, -0.2) is 41.0 Å². The third-order valence-corrected chi connectivity index (χ3v) is 4.87. The van der Waals surface area contributed by atoms with Crippen LogP contribution in [-0.2, 0) is 0 Å². The highest BCUT2D eigenvalue weighted by Crippen LogP contribution is 2.23. The van der Waals surface area contributed by atoms with Gasteiger partial charge in [-0.3, -0.25) is 9.59 Å². The van der Waals surface area contributed by atoms with Crippen LogP contribution < -0.4 is 5.32 Å². The quantitative estimate of drug-likeness (QED) is 0.835. The first-order valence-corrected chi connectivity index (χ1v) is 8.94. The molecular weight excluding hydrogens is 375 g/mol. The molecule has 0 saturated carbocycles. The summed E-state index contributed by atoms with van der Waals surface area (Å²) in [6.07, 6.45) is 1.66. The second-order valence-electron chi connectivity index (χ2n) is 6.07. The average molecular weight is 392 g/mol. The van der Waals surface area contributed by atoms with E-state index in [1.165, 1.54) is 12.1 Å². The highest BCUT2D eigenvalue weighted by atomic mass is 35.5. The van der Waals surface area contributed by atoms with Crippen LogP contribution in [0.25, 0.3) is 0 Å². The van der Waals surface area contributed by atoms with Gasteiger partial charge >= 0.3 is 0 Å². The molecule has 2 aromatic carbocycles. The number of rotatable bonds is 4. The van der Waals surface area contributed by atoms with Gasteiger partial charge in [-0.1, -0.05) is 23.2 Å². The number of carbonyl (C=O) groups excluding carboxylic acids is 2. The number of aliphatic hydroxyl groups is 1. The van der Waals surface area contributed by atoms with Crippen molar-refractivity contribution in [3.8, 4) is 0 Å². The van der Waals surface area contributed by atoms with Crippen LogP contribution in [0.2, 0.25) is 10.0 Å². The topological polar surface area (TPSA) is 69.6 Å². The molecule has 2 aromatic rings. The lowest BCUT2D eigenvalue weighted by Crippen LogP contribution is -2.37. The number of hydrogen-bond acceptors (Lipinski definition) is 3. The van der Waals surface area contributed by atoms with E-state index in [2.05, 4.69) is 11.4 Å². The zero-order chi connectivity index (χ0) is 18.7. The molecule has 7 heteroatoms. The summed E-state index contributed by atoms with van der Waals surface area (Å²) in [6, 6.07) is 12.1. The molecule has 0 aliphatic carbocycles. The molecule has 2 N–H and O–H groups in total. The van der Waals surface area contributed by atoms with Crippen molar-refractivity contribution in [3.05, 3.63) is 63.6 Å². The molecule has 2 amide bonds. The molecule has 1 aliphatic rings. The molecule has 1 atom stereocenters. The van der Waals surface area contributed by atoms with E-state index < -0.39 is 5.91 Å². The summed E-state index contributed by atoms with van der Waals surface area (Å²) in [5, 5.41) is 12.8. The maximum Gasteiger partial charge on any atom is 0.257 e. The van der Waals surface area contributed by atoms with Gasteiger partial charge < -0.3 is 15.3 Å². The van der Waals surface area contributed by atoms with Crippen molar-refractivity contribution >= 4 is 40.7 Å². The van der Waals surface area contributed by atoms with Crippen molar-refractivity contribution in [2.45, 2.75) is 18.9 Å². The lowest BCUT2D eigenvalue weighted by molar-refractivity contribution is 0.0677. The molecule has 1 aliphatic heterocycles. The Hall–Kier alpha value is -2.08. The normalized spacial score (nSPS) is 16.6. The molecule has 0 bridgehead atoms.